The van der Waals surface area contributed by atoms with E-state index in [1.165, 1.54) is 0 Å². The highest BCUT2D eigenvalue weighted by Crippen LogP contribution is 2.18. The number of piperazine rings is 1. The molecule has 1 heterocycles. The van der Waals surface area contributed by atoms with Crippen LogP contribution in [0.15, 0.2) is 48.5 Å². The number of halogens is 2. The Kier molecular flexibility index (Phi) is 6.76. The van der Waals surface area contributed by atoms with E-state index in [9.17, 15) is 0 Å². The molecule has 4 nitrogen and oxygen atoms in total. The van der Waals surface area contributed by atoms with Crippen molar-refractivity contribution in [3.63, 3.8) is 0 Å². The van der Waals surface area contributed by atoms with Gasteiger partial charge >= 0.3 is 0 Å². The largest absolute Gasteiger partial charge is 0.345 e. The first-order chi connectivity index (χ1) is 12.9. The van der Waals surface area contributed by atoms with Gasteiger partial charge < -0.3 is 20.4 Å². The predicted octanol–water partition coefficient (Wildman–Crippen LogP) is 5.09. The van der Waals surface area contributed by atoms with Crippen LogP contribution in [-0.4, -0.2) is 45.7 Å². The molecule has 142 valence electrons. The van der Waals surface area contributed by atoms with Crippen LogP contribution in [0.25, 0.3) is 0 Å². The van der Waals surface area contributed by atoms with E-state index in [0.717, 1.165) is 31.0 Å². The molecular weight excluding hydrogens is 419 g/mol. The molecule has 1 saturated heterocycles. The Morgan fingerprint density at radius 3 is 1.81 bits per heavy atom. The summed E-state index contributed by atoms with van der Waals surface area (Å²) in [5, 5.41) is 9.37. The van der Waals surface area contributed by atoms with E-state index < -0.39 is 0 Å². The molecule has 8 heteroatoms. The highest BCUT2D eigenvalue weighted by atomic mass is 35.5. The second kappa shape index (κ2) is 9.06. The number of thiocarbonyl (C=S) groups is 2. The van der Waals surface area contributed by atoms with Gasteiger partial charge in [0.25, 0.3) is 0 Å². The van der Waals surface area contributed by atoms with Gasteiger partial charge in [-0.1, -0.05) is 23.2 Å². The van der Waals surface area contributed by atoms with Crippen molar-refractivity contribution in [2.75, 3.05) is 30.3 Å². The molecule has 2 N–H and O–H groups in total. The van der Waals surface area contributed by atoms with E-state index >= 15 is 0 Å². The van der Waals surface area contributed by atoms with Crippen molar-refractivity contribution in [1.29, 1.82) is 0 Å². The van der Waals surface area contributed by atoms with Crippen molar-refractivity contribution >= 4 is 69.2 Å². The van der Waals surface area contributed by atoms with Crippen molar-refractivity contribution in [3.05, 3.63) is 58.6 Å². The molecule has 0 radical (unpaired) electrons. The Labute approximate surface area is 180 Å². The molecule has 0 aromatic heterocycles. The number of benzene rings is 2. The molecule has 1 atom stereocenters. The van der Waals surface area contributed by atoms with Gasteiger partial charge in [-0.15, -0.1) is 0 Å². The van der Waals surface area contributed by atoms with E-state index in [2.05, 4.69) is 27.4 Å². The zero-order valence-corrected chi connectivity index (χ0v) is 17.9. The van der Waals surface area contributed by atoms with Crippen LogP contribution in [0.1, 0.15) is 6.92 Å². The highest BCUT2D eigenvalue weighted by molar-refractivity contribution is 7.80. The maximum absolute atomic E-state index is 5.93. The van der Waals surface area contributed by atoms with Gasteiger partial charge in [-0.25, -0.2) is 0 Å². The Balaban J connectivity index is 1.54. The van der Waals surface area contributed by atoms with E-state index in [1.54, 1.807) is 0 Å². The van der Waals surface area contributed by atoms with Gasteiger partial charge in [0.1, 0.15) is 0 Å². The minimum absolute atomic E-state index is 0.232. The fourth-order valence-corrected chi connectivity index (χ4v) is 3.83. The maximum atomic E-state index is 5.93. The molecule has 1 aliphatic rings. The first-order valence-corrected chi connectivity index (χ1v) is 10.1. The molecule has 0 spiro atoms. The second-order valence-electron chi connectivity index (χ2n) is 6.36. The molecule has 3 rings (SSSR count). The second-order valence-corrected chi connectivity index (χ2v) is 8.01. The summed E-state index contributed by atoms with van der Waals surface area (Å²) >= 11 is 23.0. The quantitative estimate of drug-likeness (QED) is 0.634. The van der Waals surface area contributed by atoms with Gasteiger partial charge in [0.05, 0.1) is 0 Å². The normalized spacial score (nSPS) is 16.8. The lowest BCUT2D eigenvalue weighted by Crippen LogP contribution is -2.57. The third-order valence-corrected chi connectivity index (χ3v) is 5.57. The summed E-state index contributed by atoms with van der Waals surface area (Å²) in [5.41, 5.74) is 1.86. The SMILES string of the molecule is C[C@@H]1CN(C(=S)Nc2ccc(Cl)cc2)CCN1C(=S)Nc1ccc(Cl)cc1. The fraction of sp³-hybridized carbons (Fsp3) is 0.263. The van der Waals surface area contributed by atoms with Gasteiger partial charge in [0.2, 0.25) is 0 Å². The van der Waals surface area contributed by atoms with E-state index in [1.807, 2.05) is 48.5 Å². The number of nitrogens with zero attached hydrogens (tertiary/aromatic N) is 2. The number of hydrogen-bond acceptors (Lipinski definition) is 2. The van der Waals surface area contributed by atoms with E-state index in [-0.39, 0.29) is 6.04 Å². The lowest BCUT2D eigenvalue weighted by molar-refractivity contribution is 0.200. The minimum atomic E-state index is 0.232. The molecule has 27 heavy (non-hydrogen) atoms. The molecular formula is C19H20Cl2N4S2. The van der Waals surface area contributed by atoms with Crippen molar-refractivity contribution in [3.8, 4) is 0 Å². The molecule has 2 aromatic carbocycles. The van der Waals surface area contributed by atoms with Gasteiger partial charge in [0.15, 0.2) is 10.2 Å². The maximum Gasteiger partial charge on any atom is 0.173 e. The van der Waals surface area contributed by atoms with Gasteiger partial charge in [-0.3, -0.25) is 0 Å². The van der Waals surface area contributed by atoms with Crippen LogP contribution in [-0.2, 0) is 0 Å². The standard InChI is InChI=1S/C19H20Cl2N4S2/c1-13-12-24(18(26)22-16-6-2-14(20)3-7-16)10-11-25(13)19(27)23-17-8-4-15(21)5-9-17/h2-9,13H,10-12H2,1H3,(H,22,26)(H,23,27)/t13-/m1/s1. The van der Waals surface area contributed by atoms with Gasteiger partial charge in [-0.05, 0) is 79.9 Å². The topological polar surface area (TPSA) is 30.5 Å². The first-order valence-electron chi connectivity index (χ1n) is 8.57. The molecule has 1 aliphatic heterocycles. The Morgan fingerprint density at radius 1 is 0.852 bits per heavy atom. The Bertz CT molecular complexity index is 811. The van der Waals surface area contributed by atoms with E-state index in [4.69, 9.17) is 47.6 Å². The van der Waals surface area contributed by atoms with Crippen LogP contribution < -0.4 is 10.6 Å². The summed E-state index contributed by atoms with van der Waals surface area (Å²) in [5.74, 6) is 0. The third-order valence-electron chi connectivity index (χ3n) is 4.37. The smallest absolute Gasteiger partial charge is 0.173 e. The molecule has 0 amide bonds. The van der Waals surface area contributed by atoms with Gasteiger partial charge in [0, 0.05) is 47.1 Å². The monoisotopic (exact) mass is 438 g/mol. The first kappa shape index (κ1) is 20.1. The minimum Gasteiger partial charge on any atom is -0.345 e. The number of anilines is 2. The van der Waals surface area contributed by atoms with Crippen LogP contribution in [0.2, 0.25) is 10.0 Å². The van der Waals surface area contributed by atoms with Crippen LogP contribution >= 0.6 is 47.6 Å². The van der Waals surface area contributed by atoms with E-state index in [0.29, 0.717) is 20.3 Å². The van der Waals surface area contributed by atoms with Crippen molar-refractivity contribution < 1.29 is 0 Å². The van der Waals surface area contributed by atoms with Gasteiger partial charge in [-0.2, -0.15) is 0 Å². The fourth-order valence-electron chi connectivity index (χ4n) is 2.91. The zero-order valence-electron chi connectivity index (χ0n) is 14.8. The highest BCUT2D eigenvalue weighted by Gasteiger charge is 2.26. The zero-order chi connectivity index (χ0) is 19.4. The summed E-state index contributed by atoms with van der Waals surface area (Å²) in [6.07, 6.45) is 0. The Hall–Kier alpha value is -1.60. The molecule has 0 saturated carbocycles. The summed E-state index contributed by atoms with van der Waals surface area (Å²) in [6.45, 7) is 4.53. The van der Waals surface area contributed by atoms with Crippen LogP contribution in [0.5, 0.6) is 0 Å². The number of rotatable bonds is 2. The Morgan fingerprint density at radius 2 is 1.33 bits per heavy atom. The average molecular weight is 439 g/mol. The summed E-state index contributed by atoms with van der Waals surface area (Å²) < 4.78 is 0. The van der Waals surface area contributed by atoms with Crippen molar-refractivity contribution in [1.82, 2.24) is 9.80 Å². The van der Waals surface area contributed by atoms with Crippen LogP contribution in [0.4, 0.5) is 11.4 Å². The van der Waals surface area contributed by atoms with Crippen LogP contribution in [0, 0.1) is 0 Å². The van der Waals surface area contributed by atoms with Crippen LogP contribution in [0.3, 0.4) is 0 Å². The van der Waals surface area contributed by atoms with Crippen molar-refractivity contribution in [2.24, 2.45) is 0 Å². The number of hydrogen-bond donors (Lipinski definition) is 2. The predicted molar refractivity (Wildman–Crippen MR) is 123 cm³/mol. The third kappa shape index (κ3) is 5.45. The molecule has 0 bridgehead atoms. The molecule has 0 unspecified atom stereocenters. The van der Waals surface area contributed by atoms with Crippen molar-refractivity contribution in [2.45, 2.75) is 13.0 Å². The lowest BCUT2D eigenvalue weighted by Gasteiger charge is -2.42. The molecule has 2 aromatic rings. The molecule has 0 aliphatic carbocycles. The average Bonchev–Trinajstić information content (AvgIpc) is 2.65. The number of nitrogens with one attached hydrogen (secondary N) is 2. The molecule has 1 fully saturated rings. The summed E-state index contributed by atoms with van der Waals surface area (Å²) in [6, 6.07) is 15.3. The lowest BCUT2D eigenvalue weighted by atomic mass is 10.2. The summed E-state index contributed by atoms with van der Waals surface area (Å²) in [7, 11) is 0. The summed E-state index contributed by atoms with van der Waals surface area (Å²) in [4.78, 5) is 4.35.